The molecule has 122 valence electrons. The molecule has 1 amide bonds. The zero-order valence-corrected chi connectivity index (χ0v) is 12.8. The number of para-hydroxylation sites is 1. The molecule has 0 bridgehead atoms. The van der Waals surface area contributed by atoms with Crippen molar-refractivity contribution in [3.63, 3.8) is 0 Å². The van der Waals surface area contributed by atoms with Crippen LogP contribution in [0.4, 0.5) is 10.5 Å². The van der Waals surface area contributed by atoms with Crippen LogP contribution >= 0.6 is 0 Å². The van der Waals surface area contributed by atoms with E-state index in [9.17, 15) is 14.7 Å². The molecule has 1 heterocycles. The fourth-order valence-electron chi connectivity index (χ4n) is 2.23. The molecule has 0 unspecified atom stereocenters. The summed E-state index contributed by atoms with van der Waals surface area (Å²) in [6.45, 7) is 1.87. The van der Waals surface area contributed by atoms with Crippen molar-refractivity contribution in [2.45, 2.75) is 6.92 Å². The van der Waals surface area contributed by atoms with Crippen molar-refractivity contribution >= 4 is 22.7 Å². The van der Waals surface area contributed by atoms with Crippen LogP contribution in [0.25, 0.3) is 22.4 Å². The summed E-state index contributed by atoms with van der Waals surface area (Å²) in [5, 5.41) is 12.5. The van der Waals surface area contributed by atoms with Gasteiger partial charge in [-0.15, -0.1) is 0 Å². The molecule has 1 aromatic heterocycles. The van der Waals surface area contributed by atoms with Crippen LogP contribution < -0.4 is 10.9 Å². The Morgan fingerprint density at radius 3 is 2.88 bits per heavy atom. The third-order valence-electron chi connectivity index (χ3n) is 3.27. The number of amides is 1. The predicted octanol–water partition coefficient (Wildman–Crippen LogP) is 3.13. The van der Waals surface area contributed by atoms with Crippen LogP contribution in [-0.2, 0) is 4.74 Å². The Bertz CT molecular complexity index is 965. The van der Waals surface area contributed by atoms with Gasteiger partial charge in [0.1, 0.15) is 11.3 Å². The highest BCUT2D eigenvalue weighted by Crippen LogP contribution is 2.30. The van der Waals surface area contributed by atoms with Crippen molar-refractivity contribution in [1.82, 2.24) is 4.98 Å². The van der Waals surface area contributed by atoms with Gasteiger partial charge in [-0.3, -0.25) is 10.1 Å². The van der Waals surface area contributed by atoms with Crippen LogP contribution in [-0.4, -0.2) is 22.8 Å². The number of fused-ring (bicyclic) bond motifs is 1. The normalized spacial score (nSPS) is 10.5. The molecule has 0 radical (unpaired) electrons. The lowest BCUT2D eigenvalue weighted by Gasteiger charge is -2.10. The number of carbonyl (C=O) groups is 1. The topological polar surface area (TPSA) is 102 Å². The number of aromatic hydroxyl groups is 1. The average Bonchev–Trinajstić information content (AvgIpc) is 2.55. The van der Waals surface area contributed by atoms with Gasteiger partial charge in [-0.2, -0.15) is 4.98 Å². The molecule has 0 aliphatic rings. The van der Waals surface area contributed by atoms with Crippen LogP contribution in [0.3, 0.4) is 0 Å². The first kappa shape index (κ1) is 15.5. The lowest BCUT2D eigenvalue weighted by Crippen LogP contribution is -2.14. The molecule has 7 nitrogen and oxygen atoms in total. The Morgan fingerprint density at radius 1 is 1.29 bits per heavy atom. The van der Waals surface area contributed by atoms with Gasteiger partial charge in [0.05, 0.1) is 23.2 Å². The van der Waals surface area contributed by atoms with Gasteiger partial charge >= 0.3 is 6.09 Å². The molecule has 3 rings (SSSR count). The monoisotopic (exact) mass is 326 g/mol. The molecule has 0 saturated heterocycles. The number of anilines is 1. The van der Waals surface area contributed by atoms with E-state index in [4.69, 9.17) is 9.15 Å². The van der Waals surface area contributed by atoms with Crippen molar-refractivity contribution < 1.29 is 19.1 Å². The third kappa shape index (κ3) is 3.05. The first-order valence-corrected chi connectivity index (χ1v) is 7.25. The molecular weight excluding hydrogens is 312 g/mol. The number of hydrogen-bond acceptors (Lipinski definition) is 6. The highest BCUT2D eigenvalue weighted by Gasteiger charge is 2.15. The SMILES string of the molecule is CCOC(=O)Nc1cc(O)ccc1-c1nc(=O)c2ccccc2o1. The van der Waals surface area contributed by atoms with E-state index in [0.717, 1.165) is 0 Å². The minimum Gasteiger partial charge on any atom is -0.508 e. The number of phenolic OH excluding ortho intramolecular Hbond substituents is 1. The molecule has 0 aliphatic heterocycles. The number of aromatic nitrogens is 1. The highest BCUT2D eigenvalue weighted by atomic mass is 16.5. The Labute approximate surface area is 136 Å². The van der Waals surface area contributed by atoms with Gasteiger partial charge in [-0.25, -0.2) is 4.79 Å². The van der Waals surface area contributed by atoms with Gasteiger partial charge < -0.3 is 14.3 Å². The summed E-state index contributed by atoms with van der Waals surface area (Å²) < 4.78 is 10.5. The molecule has 3 aromatic rings. The number of nitrogens with one attached hydrogen (secondary N) is 1. The van der Waals surface area contributed by atoms with Crippen molar-refractivity contribution in [3.8, 4) is 17.2 Å². The van der Waals surface area contributed by atoms with E-state index < -0.39 is 11.7 Å². The number of rotatable bonds is 3. The third-order valence-corrected chi connectivity index (χ3v) is 3.27. The summed E-state index contributed by atoms with van der Waals surface area (Å²) in [6, 6.07) is 11.0. The van der Waals surface area contributed by atoms with Crippen molar-refractivity contribution in [3.05, 3.63) is 52.8 Å². The Hall–Kier alpha value is -3.35. The van der Waals surface area contributed by atoms with E-state index in [1.165, 1.54) is 18.2 Å². The van der Waals surface area contributed by atoms with E-state index in [1.54, 1.807) is 31.2 Å². The number of phenols is 1. The van der Waals surface area contributed by atoms with Crippen molar-refractivity contribution in [1.29, 1.82) is 0 Å². The first-order valence-electron chi connectivity index (χ1n) is 7.25. The molecule has 0 atom stereocenters. The fourth-order valence-corrected chi connectivity index (χ4v) is 2.23. The summed E-state index contributed by atoms with van der Waals surface area (Å²) in [6.07, 6.45) is -0.688. The van der Waals surface area contributed by atoms with Gasteiger partial charge in [-0.05, 0) is 31.2 Å². The highest BCUT2D eigenvalue weighted by molar-refractivity contribution is 5.91. The Kier molecular flexibility index (Phi) is 4.15. The van der Waals surface area contributed by atoms with Crippen LogP contribution in [0, 0.1) is 0 Å². The van der Waals surface area contributed by atoms with E-state index in [2.05, 4.69) is 10.3 Å². The minimum absolute atomic E-state index is 0.0329. The lowest BCUT2D eigenvalue weighted by atomic mass is 10.1. The number of hydrogen-bond donors (Lipinski definition) is 2. The van der Waals surface area contributed by atoms with E-state index in [0.29, 0.717) is 16.5 Å². The molecule has 24 heavy (non-hydrogen) atoms. The number of benzene rings is 2. The van der Waals surface area contributed by atoms with Crippen LogP contribution in [0.15, 0.2) is 51.7 Å². The summed E-state index contributed by atoms with van der Waals surface area (Å²) in [5.41, 5.74) is 0.507. The van der Waals surface area contributed by atoms with Gasteiger partial charge in [0.25, 0.3) is 5.56 Å². The molecule has 0 fully saturated rings. The Balaban J connectivity index is 2.12. The molecule has 2 N–H and O–H groups in total. The minimum atomic E-state index is -0.688. The summed E-state index contributed by atoms with van der Waals surface area (Å²) >= 11 is 0. The second-order valence-corrected chi connectivity index (χ2v) is 4.90. The first-order chi connectivity index (χ1) is 11.6. The van der Waals surface area contributed by atoms with Crippen molar-refractivity contribution in [2.75, 3.05) is 11.9 Å². The van der Waals surface area contributed by atoms with Crippen LogP contribution in [0.2, 0.25) is 0 Å². The number of nitrogens with zero attached hydrogens (tertiary/aromatic N) is 1. The molecular formula is C17H14N2O5. The second-order valence-electron chi connectivity index (χ2n) is 4.90. The van der Waals surface area contributed by atoms with Crippen LogP contribution in [0.5, 0.6) is 5.75 Å². The standard InChI is InChI=1S/C17H14N2O5/c1-2-23-17(22)18-13-9-10(20)7-8-11(13)16-19-15(21)12-5-3-4-6-14(12)24-16/h3-9,20H,2H2,1H3,(H,18,22). The largest absolute Gasteiger partial charge is 0.508 e. The molecule has 0 saturated carbocycles. The molecule has 2 aromatic carbocycles. The summed E-state index contributed by atoms with van der Waals surface area (Å²) in [4.78, 5) is 27.7. The molecule has 0 spiro atoms. The van der Waals surface area contributed by atoms with Gasteiger partial charge in [0.2, 0.25) is 5.89 Å². The zero-order chi connectivity index (χ0) is 17.1. The van der Waals surface area contributed by atoms with Crippen molar-refractivity contribution in [2.24, 2.45) is 0 Å². The maximum absolute atomic E-state index is 12.1. The summed E-state index contributed by atoms with van der Waals surface area (Å²) in [5.74, 6) is -0.0285. The average molecular weight is 326 g/mol. The predicted molar refractivity (Wildman–Crippen MR) is 88.0 cm³/mol. The zero-order valence-electron chi connectivity index (χ0n) is 12.8. The maximum Gasteiger partial charge on any atom is 0.411 e. The molecule has 0 aliphatic carbocycles. The lowest BCUT2D eigenvalue weighted by molar-refractivity contribution is 0.168. The van der Waals surface area contributed by atoms with Gasteiger partial charge in [-0.1, -0.05) is 12.1 Å². The van der Waals surface area contributed by atoms with Crippen LogP contribution in [0.1, 0.15) is 6.92 Å². The smallest absolute Gasteiger partial charge is 0.411 e. The van der Waals surface area contributed by atoms with Gasteiger partial charge in [0.15, 0.2) is 0 Å². The number of carbonyl (C=O) groups excluding carboxylic acids is 1. The maximum atomic E-state index is 12.1. The van der Waals surface area contributed by atoms with Gasteiger partial charge in [0, 0.05) is 6.07 Å². The number of ether oxygens (including phenoxy) is 1. The van der Waals surface area contributed by atoms with E-state index >= 15 is 0 Å². The van der Waals surface area contributed by atoms with E-state index in [1.807, 2.05) is 0 Å². The molecule has 7 heteroatoms. The second kappa shape index (κ2) is 6.41. The summed E-state index contributed by atoms with van der Waals surface area (Å²) in [7, 11) is 0. The quantitative estimate of drug-likeness (QED) is 0.766. The Morgan fingerprint density at radius 2 is 2.08 bits per heavy atom. The fraction of sp³-hybridized carbons (Fsp3) is 0.118. The van der Waals surface area contributed by atoms with E-state index in [-0.39, 0.29) is 23.9 Å².